The van der Waals surface area contributed by atoms with Gasteiger partial charge in [0.25, 0.3) is 0 Å². The fraction of sp³-hybridized carbons (Fsp3) is 0.800. The number of hydrogen-bond acceptors (Lipinski definition) is 6. The van der Waals surface area contributed by atoms with Crippen molar-refractivity contribution in [1.29, 1.82) is 0 Å². The van der Waals surface area contributed by atoms with Gasteiger partial charge in [0, 0.05) is 19.0 Å². The van der Waals surface area contributed by atoms with Gasteiger partial charge in [-0.1, -0.05) is 34.6 Å². The third-order valence-electron chi connectivity index (χ3n) is 7.98. The van der Waals surface area contributed by atoms with Gasteiger partial charge in [-0.2, -0.15) is 13.2 Å². The topological polar surface area (TPSA) is 134 Å². The minimum atomic E-state index is -5.19. The van der Waals surface area contributed by atoms with Crippen molar-refractivity contribution in [2.24, 2.45) is 28.6 Å². The van der Waals surface area contributed by atoms with Gasteiger partial charge >= 0.3 is 18.1 Å². The highest BCUT2D eigenvalue weighted by Gasteiger charge is 2.70. The van der Waals surface area contributed by atoms with E-state index in [0.717, 1.165) is 0 Å². The lowest BCUT2D eigenvalue weighted by Gasteiger charge is -2.38. The van der Waals surface area contributed by atoms with Crippen LogP contribution in [0.5, 0.6) is 0 Å². The average molecular weight is 547 g/mol. The van der Waals surface area contributed by atoms with Crippen LogP contribution in [0.2, 0.25) is 0 Å². The number of nitrogens with zero attached hydrogens (tertiary/aromatic N) is 1. The lowest BCUT2D eigenvalue weighted by molar-refractivity contribution is -0.176. The molecule has 6 unspecified atom stereocenters. The van der Waals surface area contributed by atoms with E-state index in [4.69, 9.17) is 4.74 Å². The van der Waals surface area contributed by atoms with Gasteiger partial charge in [0.2, 0.25) is 17.7 Å². The second kappa shape index (κ2) is 10.4. The number of fused-ring (bicyclic) bond motifs is 1. The number of ether oxygens (including phenoxy) is 1. The number of esters is 1. The van der Waals surface area contributed by atoms with E-state index in [2.05, 4.69) is 10.6 Å². The lowest BCUT2D eigenvalue weighted by atomic mass is 9.85. The van der Waals surface area contributed by atoms with Crippen molar-refractivity contribution >= 4 is 29.6 Å². The normalized spacial score (nSPS) is 27.6. The first-order chi connectivity index (χ1) is 17.4. The molecule has 2 heterocycles. The van der Waals surface area contributed by atoms with Gasteiger partial charge in [0.05, 0.1) is 6.61 Å². The SMILES string of the molecule is CCOC(=O)C(CC1CCNC1=O)NC(=O)C1C2C(CN1C(=O)C(NC(=O)C(F)(F)F)C(C)(C)C)C2(C)C. The van der Waals surface area contributed by atoms with E-state index in [-0.39, 0.29) is 42.7 Å². The molecule has 10 nitrogen and oxygen atoms in total. The smallest absolute Gasteiger partial charge is 0.464 e. The number of rotatable bonds is 8. The van der Waals surface area contributed by atoms with E-state index < -0.39 is 59.3 Å². The second-order valence-corrected chi connectivity index (χ2v) is 12.0. The third kappa shape index (κ3) is 5.90. The van der Waals surface area contributed by atoms with E-state index in [1.807, 2.05) is 13.8 Å². The number of carbonyl (C=O) groups is 5. The van der Waals surface area contributed by atoms with Crippen LogP contribution in [0.4, 0.5) is 13.2 Å². The Balaban J connectivity index is 1.86. The van der Waals surface area contributed by atoms with Crippen molar-refractivity contribution in [3.8, 4) is 0 Å². The van der Waals surface area contributed by atoms with Crippen molar-refractivity contribution in [1.82, 2.24) is 20.9 Å². The van der Waals surface area contributed by atoms with E-state index in [9.17, 15) is 37.1 Å². The molecule has 0 radical (unpaired) electrons. The monoisotopic (exact) mass is 546 g/mol. The van der Waals surface area contributed by atoms with Gasteiger partial charge in [0.15, 0.2) is 0 Å². The van der Waals surface area contributed by atoms with E-state index in [0.29, 0.717) is 13.0 Å². The Morgan fingerprint density at radius 3 is 2.29 bits per heavy atom. The summed E-state index contributed by atoms with van der Waals surface area (Å²) in [6, 6.07) is -3.75. The minimum Gasteiger partial charge on any atom is -0.464 e. The summed E-state index contributed by atoms with van der Waals surface area (Å²) in [6.07, 6.45) is -4.68. The van der Waals surface area contributed by atoms with Crippen LogP contribution in [-0.4, -0.2) is 78.5 Å². The first kappa shape index (κ1) is 29.7. The molecule has 4 amide bonds. The number of likely N-dealkylation sites (tertiary alicyclic amines) is 1. The molecule has 0 bridgehead atoms. The molecule has 1 saturated carbocycles. The standard InChI is InChI=1S/C25H37F3N4O6/c1-7-38-21(36)14(10-12-8-9-29-18(12)33)30-19(34)16-15-13(24(15,5)6)11-32(16)20(35)17(23(2,3)4)31-22(37)25(26,27)28/h12-17H,7-11H2,1-6H3,(H,29,33)(H,30,34)(H,31,37). The number of carbonyl (C=O) groups excluding carboxylic acids is 5. The number of piperidine rings is 1. The van der Waals surface area contributed by atoms with E-state index in [1.54, 1.807) is 12.2 Å². The summed E-state index contributed by atoms with van der Waals surface area (Å²) in [5.74, 6) is -5.52. The molecule has 2 saturated heterocycles. The molecule has 13 heteroatoms. The van der Waals surface area contributed by atoms with E-state index >= 15 is 0 Å². The third-order valence-corrected chi connectivity index (χ3v) is 7.98. The van der Waals surface area contributed by atoms with Crippen LogP contribution >= 0.6 is 0 Å². The summed E-state index contributed by atoms with van der Waals surface area (Å²) in [5, 5.41) is 7.15. The summed E-state index contributed by atoms with van der Waals surface area (Å²) >= 11 is 0. The van der Waals surface area contributed by atoms with Crippen molar-refractivity contribution in [3.63, 3.8) is 0 Å². The Labute approximate surface area is 219 Å². The van der Waals surface area contributed by atoms with Crippen LogP contribution in [0, 0.1) is 28.6 Å². The fourth-order valence-corrected chi connectivity index (χ4v) is 5.71. The molecule has 214 valence electrons. The number of nitrogens with one attached hydrogen (secondary N) is 3. The van der Waals surface area contributed by atoms with Gasteiger partial charge in [-0.05, 0) is 42.4 Å². The van der Waals surface area contributed by atoms with Gasteiger partial charge in [-0.25, -0.2) is 4.79 Å². The Hall–Kier alpha value is -2.86. The minimum absolute atomic E-state index is 0.0147. The zero-order chi connectivity index (χ0) is 28.8. The summed E-state index contributed by atoms with van der Waals surface area (Å²) in [4.78, 5) is 65.0. The zero-order valence-electron chi connectivity index (χ0n) is 22.5. The van der Waals surface area contributed by atoms with Crippen LogP contribution in [0.3, 0.4) is 0 Å². The molecular weight excluding hydrogens is 509 g/mol. The fourth-order valence-electron chi connectivity index (χ4n) is 5.71. The summed E-state index contributed by atoms with van der Waals surface area (Å²) in [5.41, 5.74) is -1.40. The Morgan fingerprint density at radius 2 is 1.79 bits per heavy atom. The van der Waals surface area contributed by atoms with Crippen LogP contribution in [0.15, 0.2) is 0 Å². The van der Waals surface area contributed by atoms with Gasteiger partial charge in [-0.3, -0.25) is 19.2 Å². The molecule has 2 aliphatic heterocycles. The molecule has 6 atom stereocenters. The van der Waals surface area contributed by atoms with Crippen molar-refractivity contribution in [2.75, 3.05) is 19.7 Å². The Kier molecular flexibility index (Phi) is 8.10. The number of amides is 4. The van der Waals surface area contributed by atoms with Crippen LogP contribution < -0.4 is 16.0 Å². The number of alkyl halides is 3. The molecule has 0 spiro atoms. The zero-order valence-corrected chi connectivity index (χ0v) is 22.5. The van der Waals surface area contributed by atoms with Crippen LogP contribution in [0.25, 0.3) is 0 Å². The van der Waals surface area contributed by atoms with Gasteiger partial charge in [0.1, 0.15) is 18.1 Å². The van der Waals surface area contributed by atoms with Crippen LogP contribution in [-0.2, 0) is 28.7 Å². The average Bonchev–Trinajstić information content (AvgIpc) is 3.15. The van der Waals surface area contributed by atoms with Gasteiger partial charge < -0.3 is 25.6 Å². The Bertz CT molecular complexity index is 993. The summed E-state index contributed by atoms with van der Waals surface area (Å²) < 4.78 is 44.2. The largest absolute Gasteiger partial charge is 0.471 e. The molecular formula is C25H37F3N4O6. The summed E-state index contributed by atoms with van der Waals surface area (Å²) in [7, 11) is 0. The highest BCUT2D eigenvalue weighted by molar-refractivity contribution is 5.96. The molecule has 3 fully saturated rings. The highest BCUT2D eigenvalue weighted by Crippen LogP contribution is 2.65. The quantitative estimate of drug-likeness (QED) is 0.391. The maximum absolute atomic E-state index is 13.6. The second-order valence-electron chi connectivity index (χ2n) is 12.0. The van der Waals surface area contributed by atoms with Gasteiger partial charge in [-0.15, -0.1) is 0 Å². The molecule has 3 N–H and O–H groups in total. The lowest BCUT2D eigenvalue weighted by Crippen LogP contribution is -2.61. The van der Waals surface area contributed by atoms with Crippen molar-refractivity contribution in [2.45, 2.75) is 78.7 Å². The predicted octanol–water partition coefficient (Wildman–Crippen LogP) is 1.14. The predicted molar refractivity (Wildman–Crippen MR) is 128 cm³/mol. The maximum atomic E-state index is 13.6. The summed E-state index contributed by atoms with van der Waals surface area (Å²) in [6.45, 7) is 10.7. The first-order valence-corrected chi connectivity index (χ1v) is 12.8. The highest BCUT2D eigenvalue weighted by atomic mass is 19.4. The molecule has 3 aliphatic rings. The maximum Gasteiger partial charge on any atom is 0.471 e. The molecule has 0 aromatic rings. The number of hydrogen-bond donors (Lipinski definition) is 3. The first-order valence-electron chi connectivity index (χ1n) is 12.8. The molecule has 1 aliphatic carbocycles. The van der Waals surface area contributed by atoms with E-state index in [1.165, 1.54) is 25.7 Å². The van der Waals surface area contributed by atoms with Crippen molar-refractivity contribution in [3.05, 3.63) is 0 Å². The van der Waals surface area contributed by atoms with Crippen molar-refractivity contribution < 1.29 is 41.9 Å². The number of halogens is 3. The molecule has 3 rings (SSSR count). The Morgan fingerprint density at radius 1 is 1.16 bits per heavy atom. The molecule has 0 aromatic heterocycles. The molecule has 0 aromatic carbocycles. The van der Waals surface area contributed by atoms with Crippen LogP contribution in [0.1, 0.15) is 54.4 Å². The molecule has 38 heavy (non-hydrogen) atoms.